The zero-order valence-electron chi connectivity index (χ0n) is 12.9. The number of aryl methyl sites for hydroxylation is 1. The average Bonchev–Trinajstić information content (AvgIpc) is 2.79. The van der Waals surface area contributed by atoms with E-state index < -0.39 is 33.1 Å². The van der Waals surface area contributed by atoms with E-state index in [1.54, 1.807) is 13.8 Å². The Bertz CT molecular complexity index is 888. The van der Waals surface area contributed by atoms with Gasteiger partial charge >= 0.3 is 16.4 Å². The van der Waals surface area contributed by atoms with Gasteiger partial charge in [-0.3, -0.25) is 0 Å². The van der Waals surface area contributed by atoms with Gasteiger partial charge < -0.3 is 5.73 Å². The number of nitrogens with zero attached hydrogens (tertiary/aromatic N) is 3. The minimum absolute atomic E-state index is 0.101. The van der Waals surface area contributed by atoms with Crippen LogP contribution in [0.4, 0.5) is 23.0 Å². The summed E-state index contributed by atoms with van der Waals surface area (Å²) in [4.78, 5) is 2.47. The highest BCUT2D eigenvalue weighted by atomic mass is 32.3. The summed E-state index contributed by atoms with van der Waals surface area (Å²) in [5, 5.41) is 3.25. The molecule has 0 saturated heterocycles. The summed E-state index contributed by atoms with van der Waals surface area (Å²) in [5.74, 6) is -2.39. The molecular weight excluding hydrogens is 352 g/mol. The predicted molar refractivity (Wildman–Crippen MR) is 77.9 cm³/mol. The van der Waals surface area contributed by atoms with E-state index in [-0.39, 0.29) is 17.2 Å². The molecule has 0 radical (unpaired) electrons. The Hall–Kier alpha value is -2.17. The monoisotopic (exact) mass is 366 g/mol. The van der Waals surface area contributed by atoms with E-state index in [1.165, 1.54) is 13.0 Å². The van der Waals surface area contributed by atoms with E-state index in [1.807, 2.05) is 0 Å². The van der Waals surface area contributed by atoms with Crippen molar-refractivity contribution in [3.05, 3.63) is 29.1 Å². The summed E-state index contributed by atoms with van der Waals surface area (Å²) >= 11 is 0. The lowest BCUT2D eigenvalue weighted by molar-refractivity contribution is -0.144. The van der Waals surface area contributed by atoms with Crippen molar-refractivity contribution >= 4 is 16.2 Å². The predicted octanol–water partition coefficient (Wildman–Crippen LogP) is 2.96. The van der Waals surface area contributed by atoms with Gasteiger partial charge in [0.25, 0.3) is 5.82 Å². The highest BCUT2D eigenvalue weighted by Crippen LogP contribution is 2.32. The molecule has 2 aromatic rings. The van der Waals surface area contributed by atoms with Crippen LogP contribution in [0.2, 0.25) is 0 Å². The number of nitrogens with two attached hydrogens (primary N) is 1. The number of rotatable bonds is 3. The average molecular weight is 366 g/mol. The molecule has 132 valence electrons. The molecular formula is C13H14F4N4O2S. The third-order valence-electron chi connectivity index (χ3n) is 3.33. The highest BCUT2D eigenvalue weighted by molar-refractivity contribution is 7.86. The maximum atomic E-state index is 13.6. The fraction of sp³-hybridized carbons (Fsp3) is 0.385. The molecule has 6 nitrogen and oxygen atoms in total. The quantitative estimate of drug-likeness (QED) is 0.666. The molecule has 0 aliphatic heterocycles. The Balaban J connectivity index is 2.75. The summed E-state index contributed by atoms with van der Waals surface area (Å²) in [6.07, 6.45) is -4.82. The molecule has 0 aliphatic rings. The van der Waals surface area contributed by atoms with Crippen LogP contribution >= 0.6 is 0 Å². The number of benzene rings is 1. The van der Waals surface area contributed by atoms with Gasteiger partial charge in [0.05, 0.1) is 5.69 Å². The number of halogens is 4. The summed E-state index contributed by atoms with van der Waals surface area (Å²) in [5.41, 5.74) is 5.92. The van der Waals surface area contributed by atoms with Crippen molar-refractivity contribution in [2.45, 2.75) is 37.8 Å². The standard InChI is InChI=1S/C13H14F4N4O2S/c1-6(2)8-4-7(3)9(5-10(8)24(17,22)23)21-12(18)19-11(20-21)13(14,15)16/h4-6H,1-3H3,(H2,18,19,20). The lowest BCUT2D eigenvalue weighted by Crippen LogP contribution is -2.10. The number of aromatic nitrogens is 3. The highest BCUT2D eigenvalue weighted by Gasteiger charge is 2.37. The van der Waals surface area contributed by atoms with Gasteiger partial charge in [-0.25, -0.2) is 0 Å². The third-order valence-corrected chi connectivity index (χ3v) is 4.21. The Kier molecular flexibility index (Phi) is 4.33. The molecule has 2 N–H and O–H groups in total. The fourth-order valence-electron chi connectivity index (χ4n) is 2.21. The van der Waals surface area contributed by atoms with Gasteiger partial charge in [0.1, 0.15) is 4.90 Å². The van der Waals surface area contributed by atoms with Crippen molar-refractivity contribution in [1.82, 2.24) is 14.8 Å². The minimum atomic E-state index is -5.08. The van der Waals surface area contributed by atoms with E-state index >= 15 is 0 Å². The van der Waals surface area contributed by atoms with Gasteiger partial charge in [0.2, 0.25) is 5.95 Å². The van der Waals surface area contributed by atoms with E-state index in [9.17, 15) is 25.5 Å². The van der Waals surface area contributed by atoms with Crippen LogP contribution in [0.3, 0.4) is 0 Å². The number of hydrogen-bond acceptors (Lipinski definition) is 5. The van der Waals surface area contributed by atoms with Crippen LogP contribution in [-0.2, 0) is 16.4 Å². The van der Waals surface area contributed by atoms with Gasteiger partial charge in [-0.05, 0) is 30.0 Å². The SMILES string of the molecule is Cc1cc(C(C)C)c(S(=O)(=O)F)cc1-n1nc(C(F)(F)F)nc1N. The van der Waals surface area contributed by atoms with Crippen molar-refractivity contribution in [2.24, 2.45) is 0 Å². The zero-order chi connectivity index (χ0) is 18.4. The molecule has 0 aliphatic carbocycles. The van der Waals surface area contributed by atoms with Crippen molar-refractivity contribution in [3.8, 4) is 5.69 Å². The zero-order valence-corrected chi connectivity index (χ0v) is 13.7. The molecule has 0 atom stereocenters. The van der Waals surface area contributed by atoms with Crippen LogP contribution in [-0.4, -0.2) is 23.2 Å². The van der Waals surface area contributed by atoms with E-state index in [0.717, 1.165) is 6.07 Å². The topological polar surface area (TPSA) is 90.9 Å². The maximum absolute atomic E-state index is 13.6. The molecule has 0 saturated carbocycles. The molecule has 0 unspecified atom stereocenters. The molecule has 0 amide bonds. The van der Waals surface area contributed by atoms with Gasteiger partial charge in [-0.1, -0.05) is 19.9 Å². The minimum Gasteiger partial charge on any atom is -0.368 e. The van der Waals surface area contributed by atoms with Crippen LogP contribution in [0, 0.1) is 6.92 Å². The number of anilines is 1. The van der Waals surface area contributed by atoms with Crippen LogP contribution in [0.1, 0.15) is 36.7 Å². The van der Waals surface area contributed by atoms with Gasteiger partial charge in [-0.15, -0.1) is 8.98 Å². The Morgan fingerprint density at radius 2 is 1.83 bits per heavy atom. The second-order valence-corrected chi connectivity index (χ2v) is 6.79. The first-order valence-corrected chi connectivity index (χ1v) is 8.10. The molecule has 1 aromatic carbocycles. The molecule has 24 heavy (non-hydrogen) atoms. The van der Waals surface area contributed by atoms with E-state index in [4.69, 9.17) is 5.73 Å². The fourth-order valence-corrected chi connectivity index (χ4v) is 3.04. The van der Waals surface area contributed by atoms with Crippen LogP contribution in [0.5, 0.6) is 0 Å². The molecule has 0 fully saturated rings. The number of hydrogen-bond donors (Lipinski definition) is 1. The summed E-state index contributed by atoms with van der Waals surface area (Å²) in [7, 11) is -5.08. The Labute approximate surface area is 135 Å². The first-order valence-electron chi connectivity index (χ1n) is 6.71. The van der Waals surface area contributed by atoms with E-state index in [0.29, 0.717) is 10.2 Å². The van der Waals surface area contributed by atoms with Crippen molar-refractivity contribution in [3.63, 3.8) is 0 Å². The van der Waals surface area contributed by atoms with Crippen LogP contribution in [0.15, 0.2) is 17.0 Å². The van der Waals surface area contributed by atoms with Crippen molar-refractivity contribution in [1.29, 1.82) is 0 Å². The summed E-state index contributed by atoms with van der Waals surface area (Å²) < 4.78 is 75.0. The molecule has 1 heterocycles. The molecule has 1 aromatic heterocycles. The first-order chi connectivity index (χ1) is 10.8. The Morgan fingerprint density at radius 1 is 1.25 bits per heavy atom. The van der Waals surface area contributed by atoms with Crippen LogP contribution in [0.25, 0.3) is 5.69 Å². The molecule has 0 bridgehead atoms. The summed E-state index contributed by atoms with van der Waals surface area (Å²) in [6.45, 7) is 4.84. The van der Waals surface area contributed by atoms with Gasteiger partial charge in [0.15, 0.2) is 0 Å². The normalized spacial score (nSPS) is 12.8. The lowest BCUT2D eigenvalue weighted by atomic mass is 10.00. The molecule has 0 spiro atoms. The third kappa shape index (κ3) is 3.35. The van der Waals surface area contributed by atoms with Gasteiger partial charge in [0, 0.05) is 0 Å². The second kappa shape index (κ2) is 5.72. The smallest absolute Gasteiger partial charge is 0.368 e. The Morgan fingerprint density at radius 3 is 2.25 bits per heavy atom. The van der Waals surface area contributed by atoms with Crippen molar-refractivity contribution in [2.75, 3.05) is 5.73 Å². The lowest BCUT2D eigenvalue weighted by Gasteiger charge is -2.15. The summed E-state index contributed by atoms with van der Waals surface area (Å²) in [6, 6.07) is 2.28. The number of nitrogen functional groups attached to an aromatic ring is 1. The van der Waals surface area contributed by atoms with E-state index in [2.05, 4.69) is 10.1 Å². The molecule has 2 rings (SSSR count). The van der Waals surface area contributed by atoms with Crippen LogP contribution < -0.4 is 5.73 Å². The molecule has 11 heteroatoms. The first kappa shape index (κ1) is 18.2. The van der Waals surface area contributed by atoms with Gasteiger partial charge in [-0.2, -0.15) is 31.3 Å². The maximum Gasteiger partial charge on any atom is 0.453 e. The van der Waals surface area contributed by atoms with Crippen molar-refractivity contribution < 1.29 is 25.5 Å². The largest absolute Gasteiger partial charge is 0.453 e. The number of alkyl halides is 3. The second-order valence-electron chi connectivity index (χ2n) is 5.47.